The maximum absolute atomic E-state index is 12.5. The van der Waals surface area contributed by atoms with E-state index in [1.54, 1.807) is 4.90 Å². The van der Waals surface area contributed by atoms with Crippen molar-refractivity contribution in [3.05, 3.63) is 24.3 Å². The van der Waals surface area contributed by atoms with Gasteiger partial charge in [0, 0.05) is 18.8 Å². The number of hydrogen-bond acceptors (Lipinski definition) is 5. The maximum Gasteiger partial charge on any atom is 0.410 e. The van der Waals surface area contributed by atoms with E-state index in [0.29, 0.717) is 29.9 Å². The molecule has 1 aliphatic rings. The normalized spacial score (nSPS) is 19.6. The molecule has 1 saturated heterocycles. The smallest absolute Gasteiger partial charge is 0.410 e. The van der Waals surface area contributed by atoms with Crippen molar-refractivity contribution in [2.75, 3.05) is 18.8 Å². The number of para-hydroxylation sites is 2. The first-order valence-electron chi connectivity index (χ1n) is 8.04. The Bertz CT molecular complexity index is 732. The van der Waals surface area contributed by atoms with E-state index in [1.165, 1.54) is 0 Å². The van der Waals surface area contributed by atoms with Crippen molar-refractivity contribution >= 4 is 28.0 Å². The van der Waals surface area contributed by atoms with E-state index in [9.17, 15) is 9.00 Å². The molecule has 1 aromatic heterocycles. The lowest BCUT2D eigenvalue weighted by Gasteiger charge is -2.24. The van der Waals surface area contributed by atoms with Crippen LogP contribution >= 0.6 is 0 Å². The molecule has 24 heavy (non-hydrogen) atoms. The summed E-state index contributed by atoms with van der Waals surface area (Å²) in [6.07, 6.45) is 0.503. The summed E-state index contributed by atoms with van der Waals surface area (Å²) in [5.41, 5.74) is 0.848. The Labute approximate surface area is 143 Å². The third kappa shape index (κ3) is 3.95. The molecule has 0 unspecified atom stereocenters. The lowest BCUT2D eigenvalue weighted by Crippen LogP contribution is -2.35. The predicted molar refractivity (Wildman–Crippen MR) is 91.2 cm³/mol. The van der Waals surface area contributed by atoms with Crippen LogP contribution in [0.15, 0.2) is 33.9 Å². The monoisotopic (exact) mass is 350 g/mol. The molecule has 130 valence electrons. The predicted octanol–water partition coefficient (Wildman–Crippen LogP) is 3.19. The molecule has 1 aliphatic heterocycles. The van der Waals surface area contributed by atoms with Crippen LogP contribution in [0.1, 0.15) is 27.2 Å². The van der Waals surface area contributed by atoms with E-state index in [1.807, 2.05) is 45.0 Å². The molecule has 0 aliphatic carbocycles. The minimum absolute atomic E-state index is 0.161. The number of aromatic nitrogens is 1. The van der Waals surface area contributed by atoms with Crippen LogP contribution in [0.2, 0.25) is 0 Å². The number of carbonyl (C=O) groups is 1. The van der Waals surface area contributed by atoms with E-state index in [0.717, 1.165) is 6.42 Å². The highest BCUT2D eigenvalue weighted by Crippen LogP contribution is 2.23. The summed E-state index contributed by atoms with van der Waals surface area (Å²) in [5.74, 6) is 0.597. The van der Waals surface area contributed by atoms with Gasteiger partial charge < -0.3 is 14.1 Å². The zero-order valence-corrected chi connectivity index (χ0v) is 15.0. The second-order valence-electron chi connectivity index (χ2n) is 7.04. The molecule has 2 heterocycles. The number of oxazole rings is 1. The SMILES string of the molecule is CC(C)(C)OC(=O)N1CC[C@H](C[S@@](=O)c2nc3ccccc3o2)C1. The average Bonchev–Trinajstić information content (AvgIpc) is 3.11. The minimum atomic E-state index is -1.31. The first-order valence-corrected chi connectivity index (χ1v) is 9.35. The summed E-state index contributed by atoms with van der Waals surface area (Å²) in [5, 5.41) is 0.256. The molecule has 0 saturated carbocycles. The van der Waals surface area contributed by atoms with Crippen molar-refractivity contribution in [2.24, 2.45) is 5.92 Å². The number of benzene rings is 1. The van der Waals surface area contributed by atoms with E-state index >= 15 is 0 Å². The quantitative estimate of drug-likeness (QED) is 0.850. The third-order valence-electron chi connectivity index (χ3n) is 3.79. The summed E-state index contributed by atoms with van der Waals surface area (Å²) in [6, 6.07) is 7.37. The van der Waals surface area contributed by atoms with Crippen molar-refractivity contribution in [1.29, 1.82) is 0 Å². The third-order valence-corrected chi connectivity index (χ3v) is 5.13. The van der Waals surface area contributed by atoms with Crippen LogP contribution in [0.25, 0.3) is 11.1 Å². The van der Waals surface area contributed by atoms with E-state index in [2.05, 4.69) is 4.98 Å². The second kappa shape index (κ2) is 6.55. The number of likely N-dealkylation sites (tertiary alicyclic amines) is 1. The molecule has 3 rings (SSSR count). The lowest BCUT2D eigenvalue weighted by atomic mass is 10.2. The van der Waals surface area contributed by atoms with Gasteiger partial charge in [0.25, 0.3) is 5.22 Å². The van der Waals surface area contributed by atoms with Gasteiger partial charge in [0.15, 0.2) is 5.58 Å². The largest absolute Gasteiger partial charge is 0.444 e. The Balaban J connectivity index is 1.59. The molecule has 6 nitrogen and oxygen atoms in total. The van der Waals surface area contributed by atoms with Crippen LogP contribution in [-0.4, -0.2) is 44.6 Å². The van der Waals surface area contributed by atoms with Crippen LogP contribution in [0.5, 0.6) is 0 Å². The number of carbonyl (C=O) groups excluding carboxylic acids is 1. The van der Waals surface area contributed by atoms with E-state index < -0.39 is 16.4 Å². The minimum Gasteiger partial charge on any atom is -0.444 e. The summed E-state index contributed by atoms with van der Waals surface area (Å²) >= 11 is 0. The number of rotatable bonds is 3. The molecule has 0 bridgehead atoms. The number of hydrogen-bond donors (Lipinski definition) is 0. The lowest BCUT2D eigenvalue weighted by molar-refractivity contribution is 0.0289. The molecular weight excluding hydrogens is 328 g/mol. The van der Waals surface area contributed by atoms with E-state index in [-0.39, 0.29) is 17.2 Å². The Morgan fingerprint density at radius 3 is 2.88 bits per heavy atom. The van der Waals surface area contributed by atoms with Crippen molar-refractivity contribution in [1.82, 2.24) is 9.88 Å². The Hall–Kier alpha value is -1.89. The van der Waals surface area contributed by atoms with Gasteiger partial charge in [0.05, 0.1) is 0 Å². The zero-order chi connectivity index (χ0) is 17.3. The maximum atomic E-state index is 12.5. The first kappa shape index (κ1) is 17.0. The average molecular weight is 350 g/mol. The highest BCUT2D eigenvalue weighted by molar-refractivity contribution is 7.84. The highest BCUT2D eigenvalue weighted by atomic mass is 32.2. The van der Waals surface area contributed by atoms with Crippen LogP contribution in [0.3, 0.4) is 0 Å². The molecule has 7 heteroatoms. The van der Waals surface area contributed by atoms with Gasteiger partial charge in [0.1, 0.15) is 21.9 Å². The number of amides is 1. The van der Waals surface area contributed by atoms with Crippen molar-refractivity contribution in [2.45, 2.75) is 38.0 Å². The summed E-state index contributed by atoms with van der Waals surface area (Å²) in [4.78, 5) is 18.0. The summed E-state index contributed by atoms with van der Waals surface area (Å²) in [6.45, 7) is 6.73. The fourth-order valence-electron chi connectivity index (χ4n) is 2.69. The van der Waals surface area contributed by atoms with Gasteiger partial charge in [-0.1, -0.05) is 12.1 Å². The molecule has 0 N–H and O–H groups in total. The fourth-order valence-corrected chi connectivity index (χ4v) is 3.92. The van der Waals surface area contributed by atoms with Gasteiger partial charge in [-0.05, 0) is 45.2 Å². The molecule has 2 atom stereocenters. The first-order chi connectivity index (χ1) is 11.3. The van der Waals surface area contributed by atoms with Crippen LogP contribution < -0.4 is 0 Å². The van der Waals surface area contributed by atoms with Gasteiger partial charge in [-0.25, -0.2) is 14.0 Å². The molecule has 1 amide bonds. The van der Waals surface area contributed by atoms with Gasteiger partial charge in [-0.2, -0.15) is 0 Å². The van der Waals surface area contributed by atoms with E-state index in [4.69, 9.17) is 9.15 Å². The van der Waals surface area contributed by atoms with Gasteiger partial charge in [0.2, 0.25) is 0 Å². The van der Waals surface area contributed by atoms with Gasteiger partial charge in [-0.3, -0.25) is 0 Å². The molecule has 1 fully saturated rings. The Morgan fingerprint density at radius 2 is 2.17 bits per heavy atom. The standard InChI is InChI=1S/C17H22N2O4S/c1-17(2,3)23-16(20)19-9-8-12(10-19)11-24(21)15-18-13-6-4-5-7-14(13)22-15/h4-7,12H,8-11H2,1-3H3/t12-,24+/m0/s1. The van der Waals surface area contributed by atoms with Crippen molar-refractivity contribution in [3.63, 3.8) is 0 Å². The topological polar surface area (TPSA) is 72.6 Å². The van der Waals surface area contributed by atoms with Crippen molar-refractivity contribution < 1.29 is 18.2 Å². The van der Waals surface area contributed by atoms with Gasteiger partial charge in [-0.15, -0.1) is 0 Å². The Morgan fingerprint density at radius 1 is 1.42 bits per heavy atom. The molecule has 2 aromatic rings. The number of nitrogens with zero attached hydrogens (tertiary/aromatic N) is 2. The fraction of sp³-hybridized carbons (Fsp3) is 0.529. The highest BCUT2D eigenvalue weighted by Gasteiger charge is 2.31. The van der Waals surface area contributed by atoms with Crippen LogP contribution in [0.4, 0.5) is 4.79 Å². The molecule has 0 spiro atoms. The number of ether oxygens (including phenoxy) is 1. The van der Waals surface area contributed by atoms with Gasteiger partial charge >= 0.3 is 6.09 Å². The summed E-state index contributed by atoms with van der Waals surface area (Å²) < 4.78 is 23.4. The number of fused-ring (bicyclic) bond motifs is 1. The van der Waals surface area contributed by atoms with Crippen LogP contribution in [0, 0.1) is 5.92 Å². The Kier molecular flexibility index (Phi) is 4.62. The molecular formula is C17H22N2O4S. The molecule has 0 radical (unpaired) electrons. The second-order valence-corrected chi connectivity index (χ2v) is 8.41. The summed E-state index contributed by atoms with van der Waals surface area (Å²) in [7, 11) is -1.31. The molecule has 1 aromatic carbocycles. The van der Waals surface area contributed by atoms with Crippen molar-refractivity contribution in [3.8, 4) is 0 Å². The van der Waals surface area contributed by atoms with Crippen LogP contribution in [-0.2, 0) is 15.5 Å². The zero-order valence-electron chi connectivity index (χ0n) is 14.2.